The maximum absolute atomic E-state index is 2.34. The molecule has 0 aliphatic rings. The van der Waals surface area contributed by atoms with Gasteiger partial charge in [-0.05, 0) is 29.8 Å². The second-order valence-corrected chi connectivity index (χ2v) is 7.51. The Balaban J connectivity index is 0.00000218. The molecule has 0 radical (unpaired) electrons. The van der Waals surface area contributed by atoms with Crippen LogP contribution in [0.5, 0.6) is 0 Å². The first-order valence-electron chi connectivity index (χ1n) is 9.96. The lowest BCUT2D eigenvalue weighted by Crippen LogP contribution is -3.00. The minimum absolute atomic E-state index is 0. The van der Waals surface area contributed by atoms with Crippen LogP contribution in [-0.2, 0) is 20.6 Å². The minimum atomic E-state index is 0. The summed E-state index contributed by atoms with van der Waals surface area (Å²) in [5.74, 6) is 1.17. The van der Waals surface area contributed by atoms with Crippen molar-refractivity contribution in [3.8, 4) is 0 Å². The SMILES string of the molecule is Cn1c(/C=C/c2cn(Cc3ccccc3)c3ccccc23)[n+](C)c2ccccc21.[I-]. The molecule has 0 spiro atoms. The second-order valence-electron chi connectivity index (χ2n) is 7.51. The molecule has 0 fully saturated rings. The van der Waals surface area contributed by atoms with Gasteiger partial charge in [-0.3, -0.25) is 0 Å². The molecule has 2 aromatic heterocycles. The Labute approximate surface area is 193 Å². The summed E-state index contributed by atoms with van der Waals surface area (Å²) in [6, 6.07) is 27.8. The van der Waals surface area contributed by atoms with Crippen LogP contribution in [0.3, 0.4) is 0 Å². The van der Waals surface area contributed by atoms with Crippen molar-refractivity contribution < 1.29 is 28.5 Å². The highest BCUT2D eigenvalue weighted by Gasteiger charge is 2.17. The van der Waals surface area contributed by atoms with Gasteiger partial charge >= 0.3 is 0 Å². The predicted molar refractivity (Wildman–Crippen MR) is 121 cm³/mol. The summed E-state index contributed by atoms with van der Waals surface area (Å²) >= 11 is 0. The molecule has 150 valence electrons. The summed E-state index contributed by atoms with van der Waals surface area (Å²) in [7, 11) is 4.25. The molecule has 2 heterocycles. The zero-order chi connectivity index (χ0) is 19.8. The summed E-state index contributed by atoms with van der Waals surface area (Å²) in [5.41, 5.74) is 6.28. The fourth-order valence-electron chi connectivity index (χ4n) is 4.21. The molecule has 5 aromatic rings. The zero-order valence-electron chi connectivity index (χ0n) is 17.2. The number of nitrogens with zero attached hydrogens (tertiary/aromatic N) is 3. The van der Waals surface area contributed by atoms with Gasteiger partial charge in [0.1, 0.15) is 0 Å². The molecule has 0 amide bonds. The normalized spacial score (nSPS) is 11.4. The molecule has 0 aliphatic heterocycles. The van der Waals surface area contributed by atoms with Crippen molar-refractivity contribution in [2.45, 2.75) is 6.54 Å². The quantitative estimate of drug-likeness (QED) is 0.263. The lowest BCUT2D eigenvalue weighted by atomic mass is 10.1. The Bertz CT molecular complexity index is 1300. The average Bonchev–Trinajstić information content (AvgIpc) is 3.23. The van der Waals surface area contributed by atoms with Gasteiger partial charge in [0.05, 0.1) is 14.1 Å². The topological polar surface area (TPSA) is 13.7 Å². The van der Waals surface area contributed by atoms with Crippen molar-refractivity contribution in [2.24, 2.45) is 14.1 Å². The molecule has 0 saturated heterocycles. The first kappa shape index (κ1) is 20.4. The number of rotatable bonds is 4. The van der Waals surface area contributed by atoms with E-state index in [-0.39, 0.29) is 24.0 Å². The van der Waals surface area contributed by atoms with Crippen molar-refractivity contribution in [2.75, 3.05) is 0 Å². The molecular formula is C26H24IN3. The number of para-hydroxylation sites is 3. The highest BCUT2D eigenvalue weighted by molar-refractivity contribution is 5.92. The van der Waals surface area contributed by atoms with Gasteiger partial charge in [0, 0.05) is 35.3 Å². The van der Waals surface area contributed by atoms with Crippen LogP contribution >= 0.6 is 0 Å². The van der Waals surface area contributed by atoms with Crippen molar-refractivity contribution in [3.05, 3.63) is 102 Å². The van der Waals surface area contributed by atoms with Crippen LogP contribution in [0.4, 0.5) is 0 Å². The number of benzene rings is 3. The number of aryl methyl sites for hydroxylation is 2. The second kappa shape index (κ2) is 8.48. The smallest absolute Gasteiger partial charge is 0.281 e. The highest BCUT2D eigenvalue weighted by atomic mass is 127. The van der Waals surface area contributed by atoms with E-state index in [4.69, 9.17) is 0 Å². The molecule has 3 aromatic carbocycles. The Kier molecular flexibility index (Phi) is 5.77. The van der Waals surface area contributed by atoms with Gasteiger partial charge in [0.2, 0.25) is 0 Å². The Morgan fingerprint density at radius 1 is 0.800 bits per heavy atom. The lowest BCUT2D eigenvalue weighted by Gasteiger charge is -2.05. The van der Waals surface area contributed by atoms with Crippen LogP contribution in [0.25, 0.3) is 34.1 Å². The van der Waals surface area contributed by atoms with Gasteiger partial charge in [-0.2, -0.15) is 0 Å². The number of halogens is 1. The lowest BCUT2D eigenvalue weighted by molar-refractivity contribution is -0.647. The van der Waals surface area contributed by atoms with Gasteiger partial charge in [-0.25, -0.2) is 9.13 Å². The molecule has 0 bridgehead atoms. The molecule has 0 unspecified atom stereocenters. The van der Waals surface area contributed by atoms with Gasteiger partial charge in [-0.15, -0.1) is 0 Å². The van der Waals surface area contributed by atoms with E-state index in [9.17, 15) is 0 Å². The summed E-state index contributed by atoms with van der Waals surface area (Å²) < 4.78 is 6.83. The van der Waals surface area contributed by atoms with E-state index >= 15 is 0 Å². The van der Waals surface area contributed by atoms with Crippen LogP contribution < -0.4 is 28.5 Å². The van der Waals surface area contributed by atoms with E-state index in [2.05, 4.69) is 125 Å². The predicted octanol–water partition coefficient (Wildman–Crippen LogP) is 2.18. The number of fused-ring (bicyclic) bond motifs is 2. The van der Waals surface area contributed by atoms with E-state index in [0.717, 1.165) is 6.54 Å². The minimum Gasteiger partial charge on any atom is -1.00 e. The molecule has 0 atom stereocenters. The first-order valence-corrected chi connectivity index (χ1v) is 9.96. The van der Waals surface area contributed by atoms with Gasteiger partial charge < -0.3 is 28.5 Å². The summed E-state index contributed by atoms with van der Waals surface area (Å²) in [4.78, 5) is 0. The maximum Gasteiger partial charge on any atom is 0.281 e. The number of imidazole rings is 1. The van der Waals surface area contributed by atoms with Crippen LogP contribution in [0.2, 0.25) is 0 Å². The molecular weight excluding hydrogens is 481 g/mol. The largest absolute Gasteiger partial charge is 1.00 e. The summed E-state index contributed by atoms with van der Waals surface area (Å²) in [5, 5.41) is 1.28. The summed E-state index contributed by atoms with van der Waals surface area (Å²) in [6.45, 7) is 0.872. The molecule has 0 N–H and O–H groups in total. The first-order chi connectivity index (χ1) is 14.2. The third kappa shape index (κ3) is 3.56. The van der Waals surface area contributed by atoms with Crippen LogP contribution in [0, 0.1) is 0 Å². The van der Waals surface area contributed by atoms with Gasteiger partial charge in [0.15, 0.2) is 11.0 Å². The molecule has 5 rings (SSSR count). The average molecular weight is 505 g/mol. The van der Waals surface area contributed by atoms with Crippen molar-refractivity contribution >= 4 is 34.1 Å². The number of hydrogen-bond donors (Lipinski definition) is 0. The van der Waals surface area contributed by atoms with E-state index in [1.165, 1.54) is 38.9 Å². The maximum atomic E-state index is 2.34. The number of aromatic nitrogens is 3. The Hall–Kier alpha value is -2.86. The molecule has 3 nitrogen and oxygen atoms in total. The molecule has 4 heteroatoms. The van der Waals surface area contributed by atoms with E-state index in [1.807, 2.05) is 0 Å². The van der Waals surface area contributed by atoms with E-state index in [1.54, 1.807) is 0 Å². The third-order valence-electron chi connectivity index (χ3n) is 5.72. The van der Waals surface area contributed by atoms with Gasteiger partial charge in [0.25, 0.3) is 5.82 Å². The fourth-order valence-corrected chi connectivity index (χ4v) is 4.21. The van der Waals surface area contributed by atoms with Crippen molar-refractivity contribution in [3.63, 3.8) is 0 Å². The Morgan fingerprint density at radius 3 is 2.23 bits per heavy atom. The third-order valence-corrected chi connectivity index (χ3v) is 5.72. The van der Waals surface area contributed by atoms with E-state index < -0.39 is 0 Å². The monoisotopic (exact) mass is 505 g/mol. The van der Waals surface area contributed by atoms with Crippen molar-refractivity contribution in [1.29, 1.82) is 0 Å². The molecule has 30 heavy (non-hydrogen) atoms. The Morgan fingerprint density at radius 2 is 1.47 bits per heavy atom. The standard InChI is InChI=1S/C26H24N3.HI/c1-27-24-14-8-9-15-25(24)28(2)26(27)17-16-21-19-29(18-20-10-4-3-5-11-20)23-13-7-6-12-22(21)23;/h3-17,19H,18H2,1-2H3;1H/q+1;/p-1. The molecule has 0 saturated carbocycles. The van der Waals surface area contributed by atoms with E-state index in [0.29, 0.717) is 0 Å². The van der Waals surface area contributed by atoms with Gasteiger partial charge in [-0.1, -0.05) is 60.7 Å². The van der Waals surface area contributed by atoms with Crippen LogP contribution in [0.15, 0.2) is 85.1 Å². The van der Waals surface area contributed by atoms with Crippen LogP contribution in [-0.4, -0.2) is 9.13 Å². The van der Waals surface area contributed by atoms with Crippen molar-refractivity contribution in [1.82, 2.24) is 9.13 Å². The fraction of sp³-hybridized carbons (Fsp3) is 0.115. The zero-order valence-corrected chi connectivity index (χ0v) is 19.3. The number of hydrogen-bond acceptors (Lipinski definition) is 0. The highest BCUT2D eigenvalue weighted by Crippen LogP contribution is 2.24. The summed E-state index contributed by atoms with van der Waals surface area (Å²) in [6.07, 6.45) is 6.71. The molecule has 0 aliphatic carbocycles. The van der Waals surface area contributed by atoms with Crippen LogP contribution in [0.1, 0.15) is 17.0 Å².